The summed E-state index contributed by atoms with van der Waals surface area (Å²) in [6.45, 7) is -0.0409. The molecule has 17 heavy (non-hydrogen) atoms. The van der Waals surface area contributed by atoms with E-state index in [1.807, 2.05) is 0 Å². The first-order valence-electron chi connectivity index (χ1n) is 4.97. The number of nitrogens with zero attached hydrogens (tertiary/aromatic N) is 1. The molecule has 3 N–H and O–H groups in total. The number of hydrogen-bond donors (Lipinski definition) is 2. The van der Waals surface area contributed by atoms with Crippen LogP contribution >= 0.6 is 11.6 Å². The molecule has 0 bridgehead atoms. The zero-order valence-electron chi connectivity index (χ0n) is 8.93. The van der Waals surface area contributed by atoms with Crippen molar-refractivity contribution >= 4 is 17.3 Å². The van der Waals surface area contributed by atoms with Crippen LogP contribution < -0.4 is 10.5 Å². The molecule has 5 heteroatoms. The lowest BCUT2D eigenvalue weighted by Crippen LogP contribution is -1.95. The van der Waals surface area contributed by atoms with Crippen LogP contribution in [0, 0.1) is 0 Å². The van der Waals surface area contributed by atoms with Crippen molar-refractivity contribution in [1.82, 2.24) is 4.98 Å². The third kappa shape index (κ3) is 2.87. The zero-order chi connectivity index (χ0) is 12.3. The second-order valence-corrected chi connectivity index (χ2v) is 3.89. The summed E-state index contributed by atoms with van der Waals surface area (Å²) in [6, 6.07) is 8.63. The van der Waals surface area contributed by atoms with Crippen molar-refractivity contribution in [3.8, 4) is 11.6 Å². The molecule has 0 amide bonds. The van der Waals surface area contributed by atoms with Gasteiger partial charge in [0.1, 0.15) is 5.75 Å². The van der Waals surface area contributed by atoms with Gasteiger partial charge in [-0.2, -0.15) is 0 Å². The number of ether oxygens (including phenoxy) is 1. The largest absolute Gasteiger partial charge is 0.437 e. The molecule has 0 aliphatic heterocycles. The summed E-state index contributed by atoms with van der Waals surface area (Å²) in [5, 5.41) is 9.46. The van der Waals surface area contributed by atoms with Gasteiger partial charge in [0, 0.05) is 6.20 Å². The number of aliphatic hydroxyl groups is 1. The van der Waals surface area contributed by atoms with E-state index < -0.39 is 0 Å². The van der Waals surface area contributed by atoms with Gasteiger partial charge < -0.3 is 15.6 Å². The van der Waals surface area contributed by atoms with E-state index in [0.717, 1.165) is 5.56 Å². The summed E-state index contributed by atoms with van der Waals surface area (Å²) in [5.41, 5.74) is 6.85. The summed E-state index contributed by atoms with van der Waals surface area (Å²) in [4.78, 5) is 3.99. The van der Waals surface area contributed by atoms with E-state index in [9.17, 15) is 0 Å². The monoisotopic (exact) mass is 250 g/mol. The highest BCUT2D eigenvalue weighted by atomic mass is 35.5. The van der Waals surface area contributed by atoms with Gasteiger partial charge in [-0.05, 0) is 23.8 Å². The maximum absolute atomic E-state index is 9.01. The lowest BCUT2D eigenvalue weighted by atomic mass is 10.2. The minimum atomic E-state index is -0.0409. The van der Waals surface area contributed by atoms with Gasteiger partial charge in [-0.15, -0.1) is 0 Å². The fourth-order valence-corrected chi connectivity index (χ4v) is 1.51. The Bertz CT molecular complexity index is 532. The molecule has 1 aromatic carbocycles. The van der Waals surface area contributed by atoms with E-state index in [-0.39, 0.29) is 6.61 Å². The van der Waals surface area contributed by atoms with Crippen LogP contribution in [0.3, 0.4) is 0 Å². The number of hydrogen-bond acceptors (Lipinski definition) is 4. The third-order valence-corrected chi connectivity index (χ3v) is 2.35. The van der Waals surface area contributed by atoms with Crippen molar-refractivity contribution in [2.75, 3.05) is 5.73 Å². The summed E-state index contributed by atoms with van der Waals surface area (Å²) >= 11 is 5.74. The van der Waals surface area contributed by atoms with Crippen molar-refractivity contribution in [3.05, 3.63) is 47.1 Å². The average Bonchev–Trinajstić information content (AvgIpc) is 2.33. The van der Waals surface area contributed by atoms with Crippen molar-refractivity contribution < 1.29 is 9.84 Å². The highest BCUT2D eigenvalue weighted by Crippen LogP contribution is 2.27. The molecule has 0 unspecified atom stereocenters. The second-order valence-electron chi connectivity index (χ2n) is 3.46. The van der Waals surface area contributed by atoms with E-state index in [4.69, 9.17) is 27.2 Å². The number of rotatable bonds is 3. The number of aliphatic hydroxyl groups excluding tert-OH is 1. The molecule has 0 saturated heterocycles. The van der Waals surface area contributed by atoms with Gasteiger partial charge in [-0.1, -0.05) is 23.7 Å². The van der Waals surface area contributed by atoms with Gasteiger partial charge in [0.15, 0.2) is 0 Å². The van der Waals surface area contributed by atoms with Crippen LogP contribution in [0.1, 0.15) is 5.56 Å². The number of aromatic nitrogens is 1. The van der Waals surface area contributed by atoms with Gasteiger partial charge in [0.05, 0.1) is 17.3 Å². The highest BCUT2D eigenvalue weighted by molar-refractivity contribution is 6.30. The number of halogens is 1. The molecule has 0 atom stereocenters. The van der Waals surface area contributed by atoms with Gasteiger partial charge in [-0.25, -0.2) is 4.98 Å². The number of anilines is 1. The summed E-state index contributed by atoms with van der Waals surface area (Å²) in [6.07, 6.45) is 1.46. The first-order valence-corrected chi connectivity index (χ1v) is 5.35. The Morgan fingerprint density at radius 2 is 2.18 bits per heavy atom. The molecule has 1 aromatic heterocycles. The van der Waals surface area contributed by atoms with Crippen LogP contribution in [-0.4, -0.2) is 10.1 Å². The molecule has 88 valence electrons. The third-order valence-electron chi connectivity index (χ3n) is 2.14. The lowest BCUT2D eigenvalue weighted by Gasteiger charge is -2.08. The Morgan fingerprint density at radius 3 is 2.88 bits per heavy atom. The molecule has 0 spiro atoms. The van der Waals surface area contributed by atoms with Crippen molar-refractivity contribution in [2.45, 2.75) is 6.61 Å². The van der Waals surface area contributed by atoms with Crippen LogP contribution in [0.15, 0.2) is 36.5 Å². The predicted molar refractivity (Wildman–Crippen MR) is 66.1 cm³/mol. The van der Waals surface area contributed by atoms with Gasteiger partial charge in [-0.3, -0.25) is 0 Å². The minimum absolute atomic E-state index is 0.0409. The molecule has 0 radical (unpaired) electrons. The normalized spacial score (nSPS) is 10.2. The first kappa shape index (κ1) is 11.7. The topological polar surface area (TPSA) is 68.4 Å². The molecular weight excluding hydrogens is 240 g/mol. The number of nitrogen functional groups attached to an aromatic ring is 1. The smallest absolute Gasteiger partial charge is 0.242 e. The predicted octanol–water partition coefficient (Wildman–Crippen LogP) is 2.60. The van der Waals surface area contributed by atoms with E-state index >= 15 is 0 Å². The SMILES string of the molecule is Nc1cc(Cl)cnc1Oc1cccc(CO)c1. The summed E-state index contributed by atoms with van der Waals surface area (Å²) in [7, 11) is 0. The van der Waals surface area contributed by atoms with Gasteiger partial charge in [0.2, 0.25) is 5.88 Å². The van der Waals surface area contributed by atoms with E-state index in [1.165, 1.54) is 6.20 Å². The maximum atomic E-state index is 9.01. The molecule has 2 rings (SSSR count). The van der Waals surface area contributed by atoms with Crippen LogP contribution in [0.5, 0.6) is 11.6 Å². The van der Waals surface area contributed by atoms with E-state index in [2.05, 4.69) is 4.98 Å². The Balaban J connectivity index is 2.25. The lowest BCUT2D eigenvalue weighted by molar-refractivity contribution is 0.281. The first-order chi connectivity index (χ1) is 8.19. The number of pyridine rings is 1. The fraction of sp³-hybridized carbons (Fsp3) is 0.0833. The van der Waals surface area contributed by atoms with E-state index in [0.29, 0.717) is 22.3 Å². The van der Waals surface area contributed by atoms with Crippen molar-refractivity contribution in [3.63, 3.8) is 0 Å². The Kier molecular flexibility index (Phi) is 3.46. The average molecular weight is 251 g/mol. The fourth-order valence-electron chi connectivity index (χ4n) is 1.35. The Morgan fingerprint density at radius 1 is 1.35 bits per heavy atom. The molecule has 0 aliphatic rings. The minimum Gasteiger partial charge on any atom is -0.437 e. The van der Waals surface area contributed by atoms with Gasteiger partial charge in [0.25, 0.3) is 0 Å². The second kappa shape index (κ2) is 5.03. The summed E-state index contributed by atoms with van der Waals surface area (Å²) in [5.74, 6) is 0.863. The van der Waals surface area contributed by atoms with Crippen LogP contribution in [0.2, 0.25) is 5.02 Å². The number of benzene rings is 1. The maximum Gasteiger partial charge on any atom is 0.242 e. The molecule has 4 nitrogen and oxygen atoms in total. The molecule has 2 aromatic rings. The Hall–Kier alpha value is -1.78. The molecular formula is C12H11ClN2O2. The molecule has 0 fully saturated rings. The summed E-state index contributed by atoms with van der Waals surface area (Å²) < 4.78 is 5.50. The zero-order valence-corrected chi connectivity index (χ0v) is 9.69. The quantitative estimate of drug-likeness (QED) is 0.879. The number of nitrogens with two attached hydrogens (primary N) is 1. The van der Waals surface area contributed by atoms with Crippen LogP contribution in [0.4, 0.5) is 5.69 Å². The van der Waals surface area contributed by atoms with Crippen molar-refractivity contribution in [1.29, 1.82) is 0 Å². The highest BCUT2D eigenvalue weighted by Gasteiger charge is 2.05. The van der Waals surface area contributed by atoms with Crippen LogP contribution in [0.25, 0.3) is 0 Å². The molecule has 0 saturated carbocycles. The van der Waals surface area contributed by atoms with Crippen molar-refractivity contribution in [2.24, 2.45) is 0 Å². The Labute approximate surface area is 104 Å². The molecule has 0 aliphatic carbocycles. The van der Waals surface area contributed by atoms with Crippen LogP contribution in [-0.2, 0) is 6.61 Å². The standard InChI is InChI=1S/C12H11ClN2O2/c13-9-5-11(14)12(15-6-9)17-10-3-1-2-8(4-10)7-16/h1-6,16H,7,14H2. The van der Waals surface area contributed by atoms with E-state index in [1.54, 1.807) is 30.3 Å². The molecule has 1 heterocycles. The van der Waals surface area contributed by atoms with Gasteiger partial charge >= 0.3 is 0 Å².